The van der Waals surface area contributed by atoms with Crippen molar-refractivity contribution in [1.29, 1.82) is 0 Å². The zero-order chi connectivity index (χ0) is 28.5. The molecule has 0 amide bonds. The molecule has 0 bridgehead atoms. The maximum absolute atomic E-state index is 13.3. The number of aliphatic hydroxyl groups is 1. The van der Waals surface area contributed by atoms with E-state index in [0.717, 1.165) is 0 Å². The van der Waals surface area contributed by atoms with Gasteiger partial charge < -0.3 is 25.0 Å². The van der Waals surface area contributed by atoms with Crippen molar-refractivity contribution in [2.24, 2.45) is 5.14 Å². The Labute approximate surface area is 232 Å². The van der Waals surface area contributed by atoms with E-state index in [1.54, 1.807) is 30.3 Å². The highest BCUT2D eigenvalue weighted by Crippen LogP contribution is 2.39. The summed E-state index contributed by atoms with van der Waals surface area (Å²) in [4.78, 5) is 3.92. The Bertz CT molecular complexity index is 1590. The van der Waals surface area contributed by atoms with Crippen LogP contribution in [-0.4, -0.2) is 86.9 Å². The van der Waals surface area contributed by atoms with Crippen molar-refractivity contribution in [2.75, 3.05) is 32.8 Å². The minimum Gasteiger partial charge on any atom is -0.506 e. The lowest BCUT2D eigenvalue weighted by atomic mass is 9.88. The quantitative estimate of drug-likeness (QED) is 0.279. The zero-order valence-electron chi connectivity index (χ0n) is 21.6. The lowest BCUT2D eigenvalue weighted by Crippen LogP contribution is -2.47. The molecule has 2 unspecified atom stereocenters. The van der Waals surface area contributed by atoms with Gasteiger partial charge in [0.05, 0.1) is 28.8 Å². The Kier molecular flexibility index (Phi) is 8.03. The number of sulfonamides is 2. The highest BCUT2D eigenvalue weighted by molar-refractivity contribution is 7.89. The SMILES string of the molecule is NS(=O)(=O)c1cccc(OCC(O)CNC2COC3(CCN(S(=O)(=O)c4cnc5ccccc5c4O)CC3)C2)c1. The minimum atomic E-state index is -3.94. The Morgan fingerprint density at radius 1 is 1.15 bits per heavy atom. The van der Waals surface area contributed by atoms with Crippen molar-refractivity contribution in [1.82, 2.24) is 14.6 Å². The number of aromatic hydroxyl groups is 1. The maximum atomic E-state index is 13.3. The Morgan fingerprint density at radius 3 is 2.65 bits per heavy atom. The van der Waals surface area contributed by atoms with Gasteiger partial charge in [-0.15, -0.1) is 0 Å². The summed E-state index contributed by atoms with van der Waals surface area (Å²) >= 11 is 0. The normalized spacial score (nSPS) is 20.6. The average Bonchev–Trinajstić information content (AvgIpc) is 3.33. The number of fused-ring (bicyclic) bond motifs is 1. The molecule has 2 aliphatic heterocycles. The third kappa shape index (κ3) is 6.07. The number of pyridine rings is 1. The Hall–Kier alpha value is -2.85. The van der Waals surface area contributed by atoms with Gasteiger partial charge in [-0.05, 0) is 43.5 Å². The molecule has 5 N–H and O–H groups in total. The summed E-state index contributed by atoms with van der Waals surface area (Å²) in [5, 5.41) is 29.8. The van der Waals surface area contributed by atoms with Crippen molar-refractivity contribution in [3.8, 4) is 11.5 Å². The first-order chi connectivity index (χ1) is 19.0. The second kappa shape index (κ2) is 11.2. The standard InChI is InChI=1S/C26H32N4O8S2/c27-39(33,34)21-5-3-4-20(12-21)37-17-19(31)14-28-18-13-26(38-16-18)8-10-30(11-9-26)40(35,36)24-15-29-23-7-2-1-6-22(23)25(24)32/h1-7,12,15,18-19,28,31H,8-11,13-14,16-17H2,(H,29,32)(H2,27,33,34). The largest absolute Gasteiger partial charge is 0.506 e. The second-order valence-electron chi connectivity index (χ2n) is 10.2. The van der Waals surface area contributed by atoms with Gasteiger partial charge in [0.1, 0.15) is 29.1 Å². The predicted octanol–water partition coefficient (Wildman–Crippen LogP) is 0.930. The van der Waals surface area contributed by atoms with Crippen LogP contribution in [0.5, 0.6) is 11.5 Å². The number of piperidine rings is 1. The van der Waals surface area contributed by atoms with E-state index in [9.17, 15) is 27.0 Å². The number of nitrogens with one attached hydrogen (secondary N) is 1. The number of hydrogen-bond donors (Lipinski definition) is 4. The smallest absolute Gasteiger partial charge is 0.248 e. The van der Waals surface area contributed by atoms with Crippen molar-refractivity contribution in [2.45, 2.75) is 46.8 Å². The first-order valence-electron chi connectivity index (χ1n) is 12.8. The first kappa shape index (κ1) is 28.7. The molecule has 0 saturated carbocycles. The number of aromatic nitrogens is 1. The molecule has 40 heavy (non-hydrogen) atoms. The number of para-hydroxylation sites is 1. The fourth-order valence-corrected chi connectivity index (χ4v) is 7.22. The third-order valence-electron chi connectivity index (χ3n) is 7.39. The van der Waals surface area contributed by atoms with Crippen LogP contribution in [0.4, 0.5) is 0 Å². The van der Waals surface area contributed by atoms with Crippen LogP contribution >= 0.6 is 0 Å². The summed E-state index contributed by atoms with van der Waals surface area (Å²) in [5.74, 6) is -0.0184. The molecule has 0 aliphatic carbocycles. The molecule has 12 nitrogen and oxygen atoms in total. The van der Waals surface area contributed by atoms with E-state index in [0.29, 0.717) is 36.8 Å². The lowest BCUT2D eigenvalue weighted by Gasteiger charge is -2.38. The third-order valence-corrected chi connectivity index (χ3v) is 10.2. The van der Waals surface area contributed by atoms with Crippen LogP contribution in [0.25, 0.3) is 10.9 Å². The molecule has 1 spiro atoms. The number of aliphatic hydroxyl groups excluding tert-OH is 1. The fourth-order valence-electron chi connectivity index (χ4n) is 5.19. The van der Waals surface area contributed by atoms with Gasteiger partial charge in [0, 0.05) is 37.1 Å². The van der Waals surface area contributed by atoms with Crippen LogP contribution in [0.1, 0.15) is 19.3 Å². The van der Waals surface area contributed by atoms with Crippen LogP contribution in [0.2, 0.25) is 0 Å². The zero-order valence-corrected chi connectivity index (χ0v) is 23.3. The van der Waals surface area contributed by atoms with E-state index in [4.69, 9.17) is 14.6 Å². The van der Waals surface area contributed by atoms with Crippen molar-refractivity contribution in [3.63, 3.8) is 0 Å². The molecule has 2 fully saturated rings. The Morgan fingerprint density at radius 2 is 1.90 bits per heavy atom. The van der Waals surface area contributed by atoms with Gasteiger partial charge in [0.15, 0.2) is 0 Å². The molecule has 14 heteroatoms. The minimum absolute atomic E-state index is 0.0303. The summed E-state index contributed by atoms with van der Waals surface area (Å²) in [5.41, 5.74) is 0.0468. The van der Waals surface area contributed by atoms with E-state index in [2.05, 4.69) is 10.3 Å². The summed E-state index contributed by atoms with van der Waals surface area (Å²) in [7, 11) is -7.80. The highest BCUT2D eigenvalue weighted by Gasteiger charge is 2.45. The number of nitrogens with two attached hydrogens (primary N) is 1. The molecule has 3 aromatic rings. The van der Waals surface area contributed by atoms with Crippen molar-refractivity contribution in [3.05, 3.63) is 54.7 Å². The van der Waals surface area contributed by atoms with E-state index in [1.165, 1.54) is 28.7 Å². The van der Waals surface area contributed by atoms with Crippen molar-refractivity contribution >= 4 is 30.9 Å². The summed E-state index contributed by atoms with van der Waals surface area (Å²) < 4.78 is 62.6. The molecular formula is C26H32N4O8S2. The van der Waals surface area contributed by atoms with Crippen LogP contribution in [0.3, 0.4) is 0 Å². The van der Waals surface area contributed by atoms with E-state index < -0.39 is 31.8 Å². The first-order valence-corrected chi connectivity index (χ1v) is 15.8. The van der Waals surface area contributed by atoms with Crippen LogP contribution in [0, 0.1) is 0 Å². The second-order valence-corrected chi connectivity index (χ2v) is 13.6. The van der Waals surface area contributed by atoms with Gasteiger partial charge in [0.2, 0.25) is 20.0 Å². The van der Waals surface area contributed by atoms with Crippen LogP contribution < -0.4 is 15.2 Å². The molecule has 2 aromatic carbocycles. The molecule has 0 radical (unpaired) electrons. The number of hydrogen-bond acceptors (Lipinski definition) is 10. The Balaban J connectivity index is 1.11. The monoisotopic (exact) mass is 592 g/mol. The number of ether oxygens (including phenoxy) is 2. The van der Waals surface area contributed by atoms with E-state index in [-0.39, 0.29) is 53.6 Å². The number of nitrogens with zero attached hydrogens (tertiary/aromatic N) is 2. The molecular weight excluding hydrogens is 560 g/mol. The number of benzene rings is 2. The van der Waals surface area contributed by atoms with Crippen molar-refractivity contribution < 1.29 is 36.5 Å². The van der Waals surface area contributed by atoms with Crippen LogP contribution in [0.15, 0.2) is 64.5 Å². The summed E-state index contributed by atoms with van der Waals surface area (Å²) in [6.07, 6.45) is 2.00. The molecule has 3 heterocycles. The summed E-state index contributed by atoms with van der Waals surface area (Å²) in [6, 6.07) is 12.5. The van der Waals surface area contributed by atoms with Gasteiger partial charge in [-0.3, -0.25) is 4.98 Å². The molecule has 216 valence electrons. The summed E-state index contributed by atoms with van der Waals surface area (Å²) in [6.45, 7) is 1.09. The fraction of sp³-hybridized carbons (Fsp3) is 0.423. The van der Waals surface area contributed by atoms with Gasteiger partial charge in [-0.25, -0.2) is 22.0 Å². The molecule has 1 aromatic heterocycles. The predicted molar refractivity (Wildman–Crippen MR) is 146 cm³/mol. The topological polar surface area (TPSA) is 181 Å². The maximum Gasteiger partial charge on any atom is 0.248 e. The van der Waals surface area contributed by atoms with Crippen LogP contribution in [-0.2, 0) is 24.8 Å². The molecule has 5 rings (SSSR count). The van der Waals surface area contributed by atoms with Gasteiger partial charge in [-0.1, -0.05) is 18.2 Å². The molecule has 2 aliphatic rings. The highest BCUT2D eigenvalue weighted by atomic mass is 32.2. The molecule has 2 saturated heterocycles. The average molecular weight is 593 g/mol. The lowest BCUT2D eigenvalue weighted by molar-refractivity contribution is -0.0312. The number of rotatable bonds is 9. The number of primary sulfonamides is 1. The van der Waals surface area contributed by atoms with Gasteiger partial charge >= 0.3 is 0 Å². The van der Waals surface area contributed by atoms with Gasteiger partial charge in [-0.2, -0.15) is 4.31 Å². The van der Waals surface area contributed by atoms with Gasteiger partial charge in [0.25, 0.3) is 0 Å². The van der Waals surface area contributed by atoms with E-state index >= 15 is 0 Å². The van der Waals surface area contributed by atoms with E-state index in [1.807, 2.05) is 0 Å². The molecule has 2 atom stereocenters.